The molecule has 0 fully saturated rings. The first-order chi connectivity index (χ1) is 8.65. The molecule has 0 aromatic heterocycles. The van der Waals surface area contributed by atoms with E-state index in [0.717, 1.165) is 0 Å². The van der Waals surface area contributed by atoms with Crippen molar-refractivity contribution in [3.05, 3.63) is 23.8 Å². The van der Waals surface area contributed by atoms with Crippen LogP contribution in [0, 0.1) is 0 Å². The van der Waals surface area contributed by atoms with E-state index in [1.165, 1.54) is 11.9 Å². The summed E-state index contributed by atoms with van der Waals surface area (Å²) in [5.41, 5.74) is 1.25. The standard InChI is InChI=1S/C12H14N2O4/c1-13-11(16)5-14-9-3-2-8(6-15)4-10(9)18-7-12(14)17/h2-4,15H,5-7H2,1H3,(H,13,16). The van der Waals surface area contributed by atoms with Crippen LogP contribution in [-0.4, -0.2) is 37.1 Å². The van der Waals surface area contributed by atoms with E-state index in [9.17, 15) is 9.59 Å². The molecule has 6 heteroatoms. The maximum Gasteiger partial charge on any atom is 0.265 e. The number of aliphatic hydroxyl groups excluding tert-OH is 1. The largest absolute Gasteiger partial charge is 0.482 e. The van der Waals surface area contributed by atoms with E-state index in [2.05, 4.69) is 5.32 Å². The van der Waals surface area contributed by atoms with Gasteiger partial charge in [-0.3, -0.25) is 14.5 Å². The fourth-order valence-corrected chi connectivity index (χ4v) is 1.74. The minimum absolute atomic E-state index is 0.0375. The Kier molecular flexibility index (Phi) is 3.47. The summed E-state index contributed by atoms with van der Waals surface area (Å²) in [4.78, 5) is 24.5. The fourth-order valence-electron chi connectivity index (χ4n) is 1.74. The molecule has 2 amide bonds. The van der Waals surface area contributed by atoms with Crippen molar-refractivity contribution in [2.75, 3.05) is 25.1 Å². The molecule has 0 saturated carbocycles. The number of benzene rings is 1. The quantitative estimate of drug-likeness (QED) is 0.768. The summed E-state index contributed by atoms with van der Waals surface area (Å²) in [6.45, 7) is -0.233. The number of hydrogen-bond donors (Lipinski definition) is 2. The Bertz CT molecular complexity index is 487. The van der Waals surface area contributed by atoms with Crippen LogP contribution in [0.4, 0.5) is 5.69 Å². The number of hydrogen-bond acceptors (Lipinski definition) is 4. The zero-order chi connectivity index (χ0) is 13.1. The van der Waals surface area contributed by atoms with Gasteiger partial charge in [-0.25, -0.2) is 0 Å². The predicted molar refractivity (Wildman–Crippen MR) is 64.3 cm³/mol. The molecule has 1 aromatic rings. The lowest BCUT2D eigenvalue weighted by Gasteiger charge is -2.29. The average Bonchev–Trinajstić information content (AvgIpc) is 2.41. The van der Waals surface area contributed by atoms with Gasteiger partial charge in [0.25, 0.3) is 5.91 Å². The maximum absolute atomic E-state index is 11.7. The lowest BCUT2D eigenvalue weighted by atomic mass is 10.1. The van der Waals surface area contributed by atoms with Gasteiger partial charge >= 0.3 is 0 Å². The summed E-state index contributed by atoms with van der Waals surface area (Å²) < 4.78 is 5.29. The topological polar surface area (TPSA) is 78.9 Å². The van der Waals surface area contributed by atoms with Crippen molar-refractivity contribution >= 4 is 17.5 Å². The SMILES string of the molecule is CNC(=O)CN1C(=O)COc2cc(CO)ccc21. The Morgan fingerprint density at radius 1 is 1.56 bits per heavy atom. The van der Waals surface area contributed by atoms with Crippen molar-refractivity contribution < 1.29 is 19.4 Å². The molecule has 0 spiro atoms. The van der Waals surface area contributed by atoms with Gasteiger partial charge in [0.2, 0.25) is 5.91 Å². The third kappa shape index (κ3) is 2.28. The van der Waals surface area contributed by atoms with Crippen LogP contribution in [-0.2, 0) is 16.2 Å². The molecule has 2 rings (SSSR count). The third-order valence-electron chi connectivity index (χ3n) is 2.73. The second-order valence-electron chi connectivity index (χ2n) is 3.90. The first kappa shape index (κ1) is 12.4. The number of fused-ring (bicyclic) bond motifs is 1. The minimum Gasteiger partial charge on any atom is -0.482 e. The van der Waals surface area contributed by atoms with Crippen LogP contribution in [0.15, 0.2) is 18.2 Å². The normalized spacial score (nSPS) is 13.9. The van der Waals surface area contributed by atoms with Gasteiger partial charge in [0, 0.05) is 7.05 Å². The van der Waals surface area contributed by atoms with Crippen molar-refractivity contribution in [3.8, 4) is 5.75 Å². The van der Waals surface area contributed by atoms with E-state index in [1.54, 1.807) is 18.2 Å². The number of nitrogens with zero attached hydrogens (tertiary/aromatic N) is 1. The van der Waals surface area contributed by atoms with Gasteiger partial charge in [-0.2, -0.15) is 0 Å². The molecule has 2 N–H and O–H groups in total. The Morgan fingerprint density at radius 2 is 2.33 bits per heavy atom. The van der Waals surface area contributed by atoms with E-state index < -0.39 is 0 Å². The summed E-state index contributed by atoms with van der Waals surface area (Å²) in [7, 11) is 1.52. The summed E-state index contributed by atoms with van der Waals surface area (Å²) >= 11 is 0. The second-order valence-corrected chi connectivity index (χ2v) is 3.90. The molecule has 6 nitrogen and oxygen atoms in total. The summed E-state index contributed by atoms with van der Waals surface area (Å²) in [5.74, 6) is -0.00432. The highest BCUT2D eigenvalue weighted by Crippen LogP contribution is 2.32. The number of carbonyl (C=O) groups excluding carboxylic acids is 2. The Labute approximate surface area is 104 Å². The molecule has 0 radical (unpaired) electrons. The highest BCUT2D eigenvalue weighted by molar-refractivity contribution is 6.02. The van der Waals surface area contributed by atoms with Gasteiger partial charge < -0.3 is 15.2 Å². The highest BCUT2D eigenvalue weighted by Gasteiger charge is 2.27. The smallest absolute Gasteiger partial charge is 0.265 e. The van der Waals surface area contributed by atoms with E-state index in [4.69, 9.17) is 9.84 Å². The van der Waals surface area contributed by atoms with Crippen LogP contribution in [0.3, 0.4) is 0 Å². The molecule has 1 aliphatic heterocycles. The van der Waals surface area contributed by atoms with Crippen molar-refractivity contribution in [1.29, 1.82) is 0 Å². The first-order valence-electron chi connectivity index (χ1n) is 5.53. The summed E-state index contributed by atoms with van der Waals surface area (Å²) in [6.07, 6.45) is 0. The average molecular weight is 250 g/mol. The number of carbonyl (C=O) groups is 2. The van der Waals surface area contributed by atoms with Crippen LogP contribution < -0.4 is 15.0 Å². The van der Waals surface area contributed by atoms with Crippen molar-refractivity contribution in [3.63, 3.8) is 0 Å². The van der Waals surface area contributed by atoms with E-state index in [0.29, 0.717) is 17.0 Å². The molecule has 0 aliphatic carbocycles. The van der Waals surface area contributed by atoms with E-state index >= 15 is 0 Å². The van der Waals surface area contributed by atoms with Gasteiger partial charge in [0.05, 0.1) is 12.3 Å². The van der Waals surface area contributed by atoms with E-state index in [-0.39, 0.29) is 31.6 Å². The molecule has 96 valence electrons. The van der Waals surface area contributed by atoms with Crippen LogP contribution in [0.5, 0.6) is 5.75 Å². The number of rotatable bonds is 3. The molecule has 18 heavy (non-hydrogen) atoms. The predicted octanol–water partition coefficient (Wildman–Crippen LogP) is -0.350. The molecular weight excluding hydrogens is 236 g/mol. The lowest BCUT2D eigenvalue weighted by molar-refractivity contribution is -0.125. The number of ether oxygens (including phenoxy) is 1. The van der Waals surface area contributed by atoms with Crippen molar-refractivity contribution in [2.45, 2.75) is 6.61 Å². The number of amides is 2. The molecule has 0 atom stereocenters. The molecule has 0 saturated heterocycles. The van der Waals surface area contributed by atoms with Crippen LogP contribution in [0.1, 0.15) is 5.56 Å². The Balaban J connectivity index is 2.32. The van der Waals surface area contributed by atoms with Gasteiger partial charge in [0.15, 0.2) is 6.61 Å². The third-order valence-corrected chi connectivity index (χ3v) is 2.73. The van der Waals surface area contributed by atoms with Crippen LogP contribution in [0.25, 0.3) is 0 Å². The fraction of sp³-hybridized carbons (Fsp3) is 0.333. The molecular formula is C12H14N2O4. The minimum atomic E-state index is -0.261. The lowest BCUT2D eigenvalue weighted by Crippen LogP contribution is -2.44. The number of nitrogens with one attached hydrogen (secondary N) is 1. The van der Waals surface area contributed by atoms with Gasteiger partial charge in [0.1, 0.15) is 12.3 Å². The molecule has 0 unspecified atom stereocenters. The monoisotopic (exact) mass is 250 g/mol. The van der Waals surface area contributed by atoms with Crippen molar-refractivity contribution in [2.24, 2.45) is 0 Å². The van der Waals surface area contributed by atoms with E-state index in [1.807, 2.05) is 0 Å². The van der Waals surface area contributed by atoms with Crippen LogP contribution >= 0.6 is 0 Å². The number of likely N-dealkylation sites (N-methyl/N-ethyl adjacent to an activating group) is 1. The Hall–Kier alpha value is -2.08. The zero-order valence-corrected chi connectivity index (χ0v) is 9.97. The first-order valence-corrected chi connectivity index (χ1v) is 5.53. The summed E-state index contributed by atoms with van der Waals surface area (Å²) in [5, 5.41) is 11.5. The maximum atomic E-state index is 11.7. The molecule has 1 heterocycles. The van der Waals surface area contributed by atoms with Crippen molar-refractivity contribution in [1.82, 2.24) is 5.32 Å². The van der Waals surface area contributed by atoms with Crippen LogP contribution in [0.2, 0.25) is 0 Å². The molecule has 1 aromatic carbocycles. The second kappa shape index (κ2) is 5.05. The van der Waals surface area contributed by atoms with Gasteiger partial charge in [-0.15, -0.1) is 0 Å². The molecule has 0 bridgehead atoms. The molecule has 1 aliphatic rings. The zero-order valence-electron chi connectivity index (χ0n) is 9.97. The van der Waals surface area contributed by atoms with Gasteiger partial charge in [-0.05, 0) is 17.7 Å². The summed E-state index contributed by atoms with van der Waals surface area (Å²) in [6, 6.07) is 5.02. The number of aliphatic hydroxyl groups is 1. The number of anilines is 1. The van der Waals surface area contributed by atoms with Gasteiger partial charge in [-0.1, -0.05) is 6.07 Å². The highest BCUT2D eigenvalue weighted by atomic mass is 16.5. The Morgan fingerprint density at radius 3 is 3.00 bits per heavy atom.